The number of hydrogen-bond acceptors (Lipinski definition) is 4. The van der Waals surface area contributed by atoms with Gasteiger partial charge in [0.1, 0.15) is 0 Å². The van der Waals surface area contributed by atoms with Gasteiger partial charge in [-0.2, -0.15) is 9.47 Å². The van der Waals surface area contributed by atoms with Gasteiger partial charge in [0.2, 0.25) is 0 Å². The molecule has 13 heavy (non-hydrogen) atoms. The molecule has 0 saturated carbocycles. The Balaban J connectivity index is 2.19. The molecule has 68 valence electrons. The summed E-state index contributed by atoms with van der Waals surface area (Å²) in [4.78, 5) is 1.14. The molecule has 0 aliphatic heterocycles. The third-order valence-corrected chi connectivity index (χ3v) is 3.28. The van der Waals surface area contributed by atoms with Crippen LogP contribution in [0.5, 0.6) is 0 Å². The van der Waals surface area contributed by atoms with Crippen LogP contribution in [0, 0.1) is 0 Å². The van der Waals surface area contributed by atoms with Gasteiger partial charge in [-0.15, -0.1) is 0 Å². The van der Waals surface area contributed by atoms with Crippen LogP contribution >= 0.6 is 27.5 Å². The first kappa shape index (κ1) is 8.71. The maximum atomic E-state index is 5.54. The van der Waals surface area contributed by atoms with Crippen molar-refractivity contribution in [2.24, 2.45) is 0 Å². The quantitative estimate of drug-likeness (QED) is 0.893. The summed E-state index contributed by atoms with van der Waals surface area (Å²) in [6.45, 7) is 0.711. The van der Waals surface area contributed by atoms with Crippen molar-refractivity contribution < 1.29 is 0 Å². The van der Waals surface area contributed by atoms with Crippen molar-refractivity contribution >= 4 is 33.1 Å². The lowest BCUT2D eigenvalue weighted by Crippen LogP contribution is -1.98. The number of nitrogen functional groups attached to an aromatic ring is 1. The number of aromatic nitrogens is 3. The van der Waals surface area contributed by atoms with Crippen LogP contribution in [-0.4, -0.2) is 14.2 Å². The summed E-state index contributed by atoms with van der Waals surface area (Å²) in [6.07, 6.45) is 5.22. The second kappa shape index (κ2) is 3.47. The molecule has 0 spiro atoms. The van der Waals surface area contributed by atoms with Crippen LogP contribution in [0.1, 0.15) is 4.88 Å². The topological polar surface area (TPSA) is 56.7 Å². The van der Waals surface area contributed by atoms with Gasteiger partial charge in [-0.25, -0.2) is 0 Å². The SMILES string of the molecule is Nc1cnn(Cc2sncc2Br)c1. The zero-order valence-corrected chi connectivity index (χ0v) is 9.05. The minimum Gasteiger partial charge on any atom is -0.396 e. The highest BCUT2D eigenvalue weighted by Crippen LogP contribution is 2.20. The second-order valence-electron chi connectivity index (χ2n) is 2.57. The van der Waals surface area contributed by atoms with Crippen LogP contribution in [-0.2, 0) is 6.54 Å². The fourth-order valence-corrected chi connectivity index (χ4v) is 2.17. The summed E-state index contributed by atoms with van der Waals surface area (Å²) in [5.74, 6) is 0. The molecule has 6 heteroatoms. The average Bonchev–Trinajstić information content (AvgIpc) is 2.64. The Morgan fingerprint density at radius 1 is 1.54 bits per heavy atom. The number of nitrogens with two attached hydrogens (primary N) is 1. The lowest BCUT2D eigenvalue weighted by atomic mass is 10.5. The van der Waals surface area contributed by atoms with Crippen LogP contribution in [0.15, 0.2) is 23.1 Å². The Labute approximate surface area is 87.7 Å². The molecule has 0 bridgehead atoms. The zero-order valence-electron chi connectivity index (χ0n) is 6.64. The van der Waals surface area contributed by atoms with Gasteiger partial charge in [0.05, 0.1) is 34.0 Å². The van der Waals surface area contributed by atoms with E-state index < -0.39 is 0 Å². The van der Waals surface area contributed by atoms with Gasteiger partial charge >= 0.3 is 0 Å². The van der Waals surface area contributed by atoms with Gasteiger partial charge in [0, 0.05) is 6.20 Å². The van der Waals surface area contributed by atoms with Crippen LogP contribution in [0.4, 0.5) is 5.69 Å². The Bertz CT molecular complexity index is 408. The van der Waals surface area contributed by atoms with E-state index in [0.717, 1.165) is 9.35 Å². The van der Waals surface area contributed by atoms with Crippen LogP contribution in [0.2, 0.25) is 0 Å². The van der Waals surface area contributed by atoms with Gasteiger partial charge in [-0.05, 0) is 27.5 Å². The van der Waals surface area contributed by atoms with Crippen molar-refractivity contribution in [2.75, 3.05) is 5.73 Å². The first-order chi connectivity index (χ1) is 6.25. The van der Waals surface area contributed by atoms with Crippen LogP contribution in [0.3, 0.4) is 0 Å². The van der Waals surface area contributed by atoms with Gasteiger partial charge in [-0.3, -0.25) is 4.68 Å². The molecular formula is C7H7BrN4S. The fraction of sp³-hybridized carbons (Fsp3) is 0.143. The molecular weight excluding hydrogens is 252 g/mol. The van der Waals surface area contributed by atoms with E-state index in [1.165, 1.54) is 11.5 Å². The third kappa shape index (κ3) is 1.89. The molecule has 0 aliphatic carbocycles. The van der Waals surface area contributed by atoms with Gasteiger partial charge in [0.25, 0.3) is 0 Å². The summed E-state index contributed by atoms with van der Waals surface area (Å²) in [5, 5.41) is 4.08. The number of halogens is 1. The highest BCUT2D eigenvalue weighted by atomic mass is 79.9. The van der Waals surface area contributed by atoms with E-state index in [2.05, 4.69) is 25.4 Å². The Kier molecular flexibility index (Phi) is 2.32. The van der Waals surface area contributed by atoms with E-state index in [1.807, 2.05) is 0 Å². The lowest BCUT2D eigenvalue weighted by molar-refractivity contribution is 0.693. The molecule has 0 atom stereocenters. The summed E-state index contributed by atoms with van der Waals surface area (Å²) in [5.41, 5.74) is 6.22. The largest absolute Gasteiger partial charge is 0.396 e. The standard InChI is InChI=1S/C7H7BrN4S/c8-6-2-11-13-7(6)4-12-3-5(9)1-10-12/h1-3H,4,9H2. The van der Waals surface area contributed by atoms with Gasteiger partial charge in [-0.1, -0.05) is 0 Å². The summed E-state index contributed by atoms with van der Waals surface area (Å²) >= 11 is 4.86. The molecule has 0 radical (unpaired) electrons. The molecule has 0 unspecified atom stereocenters. The monoisotopic (exact) mass is 258 g/mol. The first-order valence-electron chi connectivity index (χ1n) is 3.62. The molecule has 0 aliphatic rings. The summed E-state index contributed by atoms with van der Waals surface area (Å²) in [7, 11) is 0. The van der Waals surface area contributed by atoms with Crippen molar-refractivity contribution in [2.45, 2.75) is 6.54 Å². The summed E-state index contributed by atoms with van der Waals surface area (Å²) < 4.78 is 6.85. The van der Waals surface area contributed by atoms with Crippen molar-refractivity contribution in [1.29, 1.82) is 0 Å². The molecule has 4 nitrogen and oxygen atoms in total. The molecule has 2 aromatic rings. The Hall–Kier alpha value is -0.880. The number of hydrogen-bond donors (Lipinski definition) is 1. The molecule has 2 aromatic heterocycles. The van der Waals surface area contributed by atoms with Gasteiger partial charge < -0.3 is 5.73 Å². The molecule has 2 N–H and O–H groups in total. The number of anilines is 1. The van der Waals surface area contributed by atoms with E-state index in [4.69, 9.17) is 5.73 Å². The van der Waals surface area contributed by atoms with E-state index in [-0.39, 0.29) is 0 Å². The highest BCUT2D eigenvalue weighted by Gasteiger charge is 2.03. The highest BCUT2D eigenvalue weighted by molar-refractivity contribution is 9.10. The number of rotatable bonds is 2. The molecule has 2 rings (SSSR count). The minimum atomic E-state index is 0.681. The normalized spacial score (nSPS) is 10.5. The number of nitrogens with zero attached hydrogens (tertiary/aromatic N) is 3. The van der Waals surface area contributed by atoms with Crippen molar-refractivity contribution in [3.05, 3.63) is 27.9 Å². The Morgan fingerprint density at radius 2 is 2.38 bits per heavy atom. The molecule has 0 aromatic carbocycles. The third-order valence-electron chi connectivity index (χ3n) is 1.55. The van der Waals surface area contributed by atoms with E-state index in [1.54, 1.807) is 23.3 Å². The van der Waals surface area contributed by atoms with Crippen molar-refractivity contribution in [3.63, 3.8) is 0 Å². The average molecular weight is 259 g/mol. The fourth-order valence-electron chi connectivity index (χ4n) is 0.969. The van der Waals surface area contributed by atoms with E-state index in [9.17, 15) is 0 Å². The molecule has 0 saturated heterocycles. The maximum Gasteiger partial charge on any atom is 0.0780 e. The molecule has 2 heterocycles. The predicted octanol–water partition coefficient (Wildman–Crippen LogP) is 1.73. The molecule has 0 fully saturated rings. The second-order valence-corrected chi connectivity index (χ2v) is 4.31. The van der Waals surface area contributed by atoms with Crippen molar-refractivity contribution in [1.82, 2.24) is 14.2 Å². The summed E-state index contributed by atoms with van der Waals surface area (Å²) in [6, 6.07) is 0. The van der Waals surface area contributed by atoms with Crippen molar-refractivity contribution in [3.8, 4) is 0 Å². The smallest absolute Gasteiger partial charge is 0.0780 e. The maximum absolute atomic E-state index is 5.54. The van der Waals surface area contributed by atoms with Gasteiger partial charge in [0.15, 0.2) is 0 Å². The first-order valence-corrected chi connectivity index (χ1v) is 5.19. The minimum absolute atomic E-state index is 0.681. The van der Waals surface area contributed by atoms with Crippen LogP contribution < -0.4 is 5.73 Å². The predicted molar refractivity (Wildman–Crippen MR) is 55.6 cm³/mol. The van der Waals surface area contributed by atoms with E-state index >= 15 is 0 Å². The van der Waals surface area contributed by atoms with E-state index in [0.29, 0.717) is 12.2 Å². The lowest BCUT2D eigenvalue weighted by Gasteiger charge is -1.97. The van der Waals surface area contributed by atoms with Crippen LogP contribution in [0.25, 0.3) is 0 Å². The molecule has 0 amide bonds. The Morgan fingerprint density at radius 3 is 2.92 bits per heavy atom. The zero-order chi connectivity index (χ0) is 9.26.